The number of thioether (sulfide) groups is 1. The van der Waals surface area contributed by atoms with Crippen LogP contribution in [0.15, 0.2) is 5.16 Å². The fourth-order valence-electron chi connectivity index (χ4n) is 1.13. The molecule has 1 heterocycles. The third-order valence-corrected chi connectivity index (χ3v) is 3.05. The number of carbonyl (C=O) groups excluding carboxylic acids is 1. The Labute approximate surface area is 120 Å². The first-order chi connectivity index (χ1) is 9.19. The van der Waals surface area contributed by atoms with Crippen molar-refractivity contribution < 1.29 is 19.4 Å². The van der Waals surface area contributed by atoms with Gasteiger partial charge < -0.3 is 15.2 Å². The van der Waals surface area contributed by atoms with Crippen LogP contribution in [0.5, 0.6) is 0 Å². The molecule has 112 valence electrons. The number of ether oxygens (including phenoxy) is 1. The van der Waals surface area contributed by atoms with E-state index in [-0.39, 0.29) is 5.75 Å². The third kappa shape index (κ3) is 5.43. The lowest BCUT2D eigenvalue weighted by molar-refractivity contribution is -0.138. The number of aliphatic carboxylic acids is 1. The van der Waals surface area contributed by atoms with Crippen LogP contribution in [0.3, 0.4) is 0 Å². The van der Waals surface area contributed by atoms with Crippen LogP contribution in [0.4, 0.5) is 4.79 Å². The molecule has 0 aromatic carbocycles. The molecule has 1 atom stereocenters. The summed E-state index contributed by atoms with van der Waals surface area (Å²) in [6.07, 6.45) is -0.776. The van der Waals surface area contributed by atoms with Crippen molar-refractivity contribution in [1.29, 1.82) is 0 Å². The van der Waals surface area contributed by atoms with Gasteiger partial charge in [0.25, 0.3) is 0 Å². The molecule has 0 saturated carbocycles. The van der Waals surface area contributed by atoms with Gasteiger partial charge in [-0.1, -0.05) is 11.8 Å². The molecule has 9 nitrogen and oxygen atoms in total. The molecule has 0 aliphatic heterocycles. The summed E-state index contributed by atoms with van der Waals surface area (Å²) in [4.78, 5) is 22.7. The summed E-state index contributed by atoms with van der Waals surface area (Å²) in [7, 11) is 1.64. The summed E-state index contributed by atoms with van der Waals surface area (Å²) >= 11 is 1.13. The number of hydrogen-bond acceptors (Lipinski definition) is 7. The molecule has 1 aromatic heterocycles. The number of carboxylic acid groups (broad SMARTS) is 1. The zero-order valence-corrected chi connectivity index (χ0v) is 12.5. The van der Waals surface area contributed by atoms with E-state index in [0.29, 0.717) is 5.16 Å². The molecule has 1 rings (SSSR count). The normalized spacial score (nSPS) is 12.8. The summed E-state index contributed by atoms with van der Waals surface area (Å²) in [6.45, 7) is 5.09. The van der Waals surface area contributed by atoms with Crippen LogP contribution in [0.2, 0.25) is 0 Å². The Hall–Kier alpha value is -1.84. The predicted molar refractivity (Wildman–Crippen MR) is 70.3 cm³/mol. The van der Waals surface area contributed by atoms with Gasteiger partial charge in [0.1, 0.15) is 11.6 Å². The van der Waals surface area contributed by atoms with Crippen molar-refractivity contribution in [1.82, 2.24) is 25.5 Å². The van der Waals surface area contributed by atoms with Gasteiger partial charge >= 0.3 is 12.1 Å². The zero-order chi connectivity index (χ0) is 15.3. The Morgan fingerprint density at radius 3 is 2.60 bits per heavy atom. The lowest BCUT2D eigenvalue weighted by Crippen LogP contribution is -2.44. The molecule has 1 amide bonds. The molecule has 0 saturated heterocycles. The first-order valence-corrected chi connectivity index (χ1v) is 6.75. The Balaban J connectivity index is 2.55. The van der Waals surface area contributed by atoms with Crippen molar-refractivity contribution in [3.05, 3.63) is 0 Å². The second kappa shape index (κ2) is 6.55. The SMILES string of the molecule is Cn1nnnc1SC[C@@H](NC(=O)OC(C)(C)C)C(=O)O. The van der Waals surface area contributed by atoms with Gasteiger partial charge in [0.05, 0.1) is 0 Å². The summed E-state index contributed by atoms with van der Waals surface area (Å²) in [6, 6.07) is -1.09. The fourth-order valence-corrected chi connectivity index (χ4v) is 1.99. The van der Waals surface area contributed by atoms with E-state index in [1.54, 1.807) is 27.8 Å². The molecule has 1 aromatic rings. The zero-order valence-electron chi connectivity index (χ0n) is 11.7. The van der Waals surface area contributed by atoms with Crippen molar-refractivity contribution in [2.24, 2.45) is 7.05 Å². The molecular formula is C10H17N5O4S. The minimum atomic E-state index is -1.15. The number of hydrogen-bond donors (Lipinski definition) is 2. The van der Waals surface area contributed by atoms with Crippen LogP contribution in [-0.2, 0) is 16.6 Å². The summed E-state index contributed by atoms with van der Waals surface area (Å²) in [5.74, 6) is -1.07. The van der Waals surface area contributed by atoms with Crippen molar-refractivity contribution >= 4 is 23.8 Å². The summed E-state index contributed by atoms with van der Waals surface area (Å²) < 4.78 is 6.42. The average Bonchev–Trinajstić information content (AvgIpc) is 2.67. The standard InChI is InChI=1S/C10H17N5O4S/c1-10(2,3)19-9(18)11-6(7(16)17)5-20-8-12-13-14-15(8)4/h6H,5H2,1-4H3,(H,11,18)(H,16,17)/t6-/m1/s1. The van der Waals surface area contributed by atoms with Gasteiger partial charge in [-0.25, -0.2) is 14.3 Å². The van der Waals surface area contributed by atoms with E-state index in [1.807, 2.05) is 0 Å². The number of alkyl carbamates (subject to hydrolysis) is 1. The largest absolute Gasteiger partial charge is 0.480 e. The van der Waals surface area contributed by atoms with E-state index in [0.717, 1.165) is 11.8 Å². The molecular weight excluding hydrogens is 286 g/mol. The number of aromatic nitrogens is 4. The number of nitrogens with one attached hydrogen (secondary N) is 1. The van der Waals surface area contributed by atoms with Gasteiger partial charge in [-0.15, -0.1) is 5.10 Å². The van der Waals surface area contributed by atoms with Crippen LogP contribution in [0.1, 0.15) is 20.8 Å². The first-order valence-electron chi connectivity index (χ1n) is 5.76. The monoisotopic (exact) mass is 303 g/mol. The van der Waals surface area contributed by atoms with E-state index in [2.05, 4.69) is 20.8 Å². The van der Waals surface area contributed by atoms with Crippen LogP contribution >= 0.6 is 11.8 Å². The van der Waals surface area contributed by atoms with Crippen LogP contribution in [0, 0.1) is 0 Å². The Kier molecular flexibility index (Phi) is 5.31. The van der Waals surface area contributed by atoms with Crippen molar-refractivity contribution in [3.63, 3.8) is 0 Å². The summed E-state index contributed by atoms with van der Waals surface area (Å²) in [5, 5.41) is 22.6. The van der Waals surface area contributed by atoms with Gasteiger partial charge in [0.15, 0.2) is 0 Å². The maximum Gasteiger partial charge on any atom is 0.408 e. The maximum absolute atomic E-state index is 11.6. The molecule has 0 fully saturated rings. The first kappa shape index (κ1) is 16.2. The highest BCUT2D eigenvalue weighted by Crippen LogP contribution is 2.14. The number of rotatable bonds is 5. The second-order valence-electron chi connectivity index (χ2n) is 4.93. The molecule has 0 spiro atoms. The molecule has 0 unspecified atom stereocenters. The highest BCUT2D eigenvalue weighted by atomic mass is 32.2. The van der Waals surface area contributed by atoms with Gasteiger partial charge in [0, 0.05) is 12.8 Å². The highest BCUT2D eigenvalue weighted by molar-refractivity contribution is 7.99. The molecule has 2 N–H and O–H groups in total. The lowest BCUT2D eigenvalue weighted by atomic mass is 10.2. The van der Waals surface area contributed by atoms with Crippen molar-refractivity contribution in [3.8, 4) is 0 Å². The quantitative estimate of drug-likeness (QED) is 0.744. The minimum Gasteiger partial charge on any atom is -0.480 e. The van der Waals surface area contributed by atoms with E-state index in [1.165, 1.54) is 4.68 Å². The maximum atomic E-state index is 11.6. The van der Waals surface area contributed by atoms with Crippen molar-refractivity contribution in [2.45, 2.75) is 37.6 Å². The number of aryl methyl sites for hydroxylation is 1. The van der Waals surface area contributed by atoms with E-state index >= 15 is 0 Å². The van der Waals surface area contributed by atoms with Crippen molar-refractivity contribution in [2.75, 3.05) is 5.75 Å². The topological polar surface area (TPSA) is 119 Å². The van der Waals surface area contributed by atoms with E-state index in [4.69, 9.17) is 9.84 Å². The fraction of sp³-hybridized carbons (Fsp3) is 0.700. The van der Waals surface area contributed by atoms with Crippen LogP contribution in [0.25, 0.3) is 0 Å². The smallest absolute Gasteiger partial charge is 0.408 e. The predicted octanol–water partition coefficient (Wildman–Crippen LogP) is 0.280. The van der Waals surface area contributed by atoms with Crippen LogP contribution < -0.4 is 5.32 Å². The molecule has 10 heteroatoms. The Bertz CT molecular complexity index is 484. The van der Waals surface area contributed by atoms with Gasteiger partial charge in [-0.3, -0.25) is 0 Å². The van der Waals surface area contributed by atoms with Gasteiger partial charge in [0.2, 0.25) is 5.16 Å². The number of carbonyl (C=O) groups is 2. The highest BCUT2D eigenvalue weighted by Gasteiger charge is 2.24. The third-order valence-electron chi connectivity index (χ3n) is 1.95. The second-order valence-corrected chi connectivity index (χ2v) is 5.92. The Morgan fingerprint density at radius 1 is 1.50 bits per heavy atom. The molecule has 0 bridgehead atoms. The van der Waals surface area contributed by atoms with E-state index in [9.17, 15) is 9.59 Å². The lowest BCUT2D eigenvalue weighted by Gasteiger charge is -2.21. The number of carboxylic acids is 1. The average molecular weight is 303 g/mol. The van der Waals surface area contributed by atoms with Crippen LogP contribution in [-0.4, -0.2) is 54.8 Å². The number of tetrazole rings is 1. The van der Waals surface area contributed by atoms with Gasteiger partial charge in [-0.2, -0.15) is 0 Å². The molecule has 20 heavy (non-hydrogen) atoms. The minimum absolute atomic E-state index is 0.0861. The molecule has 0 aliphatic rings. The summed E-state index contributed by atoms with van der Waals surface area (Å²) in [5.41, 5.74) is -0.687. The number of amides is 1. The Morgan fingerprint density at radius 2 is 2.15 bits per heavy atom. The number of nitrogens with zero attached hydrogens (tertiary/aromatic N) is 4. The molecule has 0 radical (unpaired) electrons. The molecule has 0 aliphatic carbocycles. The van der Waals surface area contributed by atoms with E-state index < -0.39 is 23.7 Å². The van der Waals surface area contributed by atoms with Gasteiger partial charge in [-0.05, 0) is 31.2 Å².